The van der Waals surface area contributed by atoms with E-state index < -0.39 is 5.97 Å². The van der Waals surface area contributed by atoms with Crippen LogP contribution in [0, 0.1) is 0 Å². The van der Waals surface area contributed by atoms with E-state index >= 15 is 0 Å². The molecule has 1 N–H and O–H groups in total. The highest BCUT2D eigenvalue weighted by Crippen LogP contribution is 2.21. The van der Waals surface area contributed by atoms with Crippen LogP contribution in [0.5, 0.6) is 11.5 Å². The maximum Gasteiger partial charge on any atom is 0.304 e. The van der Waals surface area contributed by atoms with E-state index in [9.17, 15) is 4.79 Å². The fraction of sp³-hybridized carbons (Fsp3) is 0.533. The molecular weight excluding hydrogens is 258 g/mol. The molecule has 0 bridgehead atoms. The number of rotatable bonds is 6. The molecule has 2 rings (SSSR count). The lowest BCUT2D eigenvalue weighted by Crippen LogP contribution is -2.41. The van der Waals surface area contributed by atoms with Crippen molar-refractivity contribution in [2.24, 2.45) is 0 Å². The van der Waals surface area contributed by atoms with Gasteiger partial charge in [-0.15, -0.1) is 0 Å². The Morgan fingerprint density at radius 2 is 2.05 bits per heavy atom. The average Bonchev–Trinajstić information content (AvgIpc) is 2.46. The minimum absolute atomic E-state index is 0.130. The van der Waals surface area contributed by atoms with Crippen LogP contribution in [0.15, 0.2) is 24.3 Å². The van der Waals surface area contributed by atoms with Crippen LogP contribution in [0.1, 0.15) is 19.3 Å². The summed E-state index contributed by atoms with van der Waals surface area (Å²) >= 11 is 0. The number of piperidine rings is 1. The molecule has 1 aliphatic rings. The Balaban J connectivity index is 1.83. The molecule has 1 aromatic carbocycles. The van der Waals surface area contributed by atoms with Gasteiger partial charge in [0.25, 0.3) is 0 Å². The third-order valence-electron chi connectivity index (χ3n) is 3.47. The van der Waals surface area contributed by atoms with E-state index in [1.165, 1.54) is 0 Å². The Morgan fingerprint density at radius 1 is 1.35 bits per heavy atom. The van der Waals surface area contributed by atoms with E-state index in [1.54, 1.807) is 7.11 Å². The summed E-state index contributed by atoms with van der Waals surface area (Å²) in [7, 11) is 1.64. The van der Waals surface area contributed by atoms with E-state index in [4.69, 9.17) is 14.6 Å². The number of benzene rings is 1. The molecule has 1 atom stereocenters. The minimum atomic E-state index is -0.747. The Kier molecular flexibility index (Phi) is 5.24. The Hall–Kier alpha value is -1.75. The number of carbonyl (C=O) groups is 1. The maximum atomic E-state index is 10.6. The van der Waals surface area contributed by atoms with Gasteiger partial charge in [0.15, 0.2) is 0 Å². The molecular formula is C15H21NO4. The van der Waals surface area contributed by atoms with Crippen molar-refractivity contribution in [3.05, 3.63) is 24.3 Å². The smallest absolute Gasteiger partial charge is 0.304 e. The second-order valence-corrected chi connectivity index (χ2v) is 5.00. The number of aliphatic carboxylic acids is 1. The molecule has 1 aromatic rings. The summed E-state index contributed by atoms with van der Waals surface area (Å²) in [5.74, 6) is 0.892. The van der Waals surface area contributed by atoms with E-state index in [0.717, 1.165) is 37.4 Å². The van der Waals surface area contributed by atoms with Crippen molar-refractivity contribution in [2.75, 3.05) is 26.7 Å². The van der Waals surface area contributed by atoms with Crippen LogP contribution in [0.2, 0.25) is 0 Å². The molecule has 20 heavy (non-hydrogen) atoms. The van der Waals surface area contributed by atoms with Crippen LogP contribution >= 0.6 is 0 Å². The first-order chi connectivity index (χ1) is 9.67. The second-order valence-electron chi connectivity index (χ2n) is 5.00. The molecule has 0 aliphatic carbocycles. The van der Waals surface area contributed by atoms with Crippen LogP contribution in [-0.2, 0) is 4.79 Å². The summed E-state index contributed by atoms with van der Waals surface area (Å²) in [5, 5.41) is 8.72. The monoisotopic (exact) mass is 279 g/mol. The summed E-state index contributed by atoms with van der Waals surface area (Å²) in [6.45, 7) is 2.34. The van der Waals surface area contributed by atoms with Gasteiger partial charge in [0.1, 0.15) is 17.6 Å². The van der Waals surface area contributed by atoms with Gasteiger partial charge in [0.05, 0.1) is 13.5 Å². The first-order valence-corrected chi connectivity index (χ1v) is 6.92. The van der Waals surface area contributed by atoms with Crippen molar-refractivity contribution in [2.45, 2.75) is 25.4 Å². The lowest BCUT2D eigenvalue weighted by Gasteiger charge is -2.32. The fourth-order valence-electron chi connectivity index (χ4n) is 2.41. The van der Waals surface area contributed by atoms with Gasteiger partial charge in [-0.05, 0) is 43.7 Å². The third kappa shape index (κ3) is 4.42. The number of hydrogen-bond acceptors (Lipinski definition) is 4. The normalized spacial score (nSPS) is 19.6. The van der Waals surface area contributed by atoms with E-state index in [0.29, 0.717) is 6.54 Å². The highest BCUT2D eigenvalue weighted by molar-refractivity contribution is 5.66. The molecule has 1 fully saturated rings. The molecule has 5 heteroatoms. The second kappa shape index (κ2) is 7.14. The molecule has 0 amide bonds. The quantitative estimate of drug-likeness (QED) is 0.863. The Morgan fingerprint density at radius 3 is 2.70 bits per heavy atom. The topological polar surface area (TPSA) is 59.0 Å². The predicted octanol–water partition coefficient (Wildman–Crippen LogP) is 2.01. The average molecular weight is 279 g/mol. The number of nitrogens with zero attached hydrogens (tertiary/aromatic N) is 1. The zero-order chi connectivity index (χ0) is 14.4. The predicted molar refractivity (Wildman–Crippen MR) is 75.3 cm³/mol. The fourth-order valence-corrected chi connectivity index (χ4v) is 2.41. The maximum absolute atomic E-state index is 10.6. The third-order valence-corrected chi connectivity index (χ3v) is 3.47. The van der Waals surface area contributed by atoms with Crippen LogP contribution in [0.3, 0.4) is 0 Å². The number of hydrogen-bond donors (Lipinski definition) is 1. The van der Waals surface area contributed by atoms with Gasteiger partial charge in [-0.1, -0.05) is 0 Å². The van der Waals surface area contributed by atoms with Crippen molar-refractivity contribution in [3.63, 3.8) is 0 Å². The van der Waals surface area contributed by atoms with Gasteiger partial charge < -0.3 is 14.6 Å². The summed E-state index contributed by atoms with van der Waals surface area (Å²) < 4.78 is 11.1. The van der Waals surface area contributed by atoms with Gasteiger partial charge >= 0.3 is 5.97 Å². The van der Waals surface area contributed by atoms with Gasteiger partial charge in [-0.25, -0.2) is 0 Å². The van der Waals surface area contributed by atoms with Gasteiger partial charge in [-0.2, -0.15) is 0 Å². The molecule has 1 unspecified atom stereocenters. The molecule has 110 valence electrons. The van der Waals surface area contributed by atoms with Crippen molar-refractivity contribution < 1.29 is 19.4 Å². The highest BCUT2D eigenvalue weighted by Gasteiger charge is 2.21. The molecule has 1 saturated heterocycles. The summed E-state index contributed by atoms with van der Waals surface area (Å²) in [4.78, 5) is 12.8. The number of carboxylic acids is 1. The van der Waals surface area contributed by atoms with E-state index in [-0.39, 0.29) is 12.5 Å². The van der Waals surface area contributed by atoms with E-state index in [1.807, 2.05) is 24.3 Å². The number of likely N-dealkylation sites (tertiary alicyclic amines) is 1. The molecule has 1 aliphatic heterocycles. The Labute approximate surface area is 119 Å². The van der Waals surface area contributed by atoms with Gasteiger partial charge in [-0.3, -0.25) is 9.69 Å². The molecule has 5 nitrogen and oxygen atoms in total. The van der Waals surface area contributed by atoms with Crippen LogP contribution in [-0.4, -0.2) is 48.8 Å². The SMILES string of the molecule is COc1ccc(OC2CCCN(CCC(=O)O)C2)cc1. The number of carboxylic acid groups (broad SMARTS) is 1. The summed E-state index contributed by atoms with van der Waals surface area (Å²) in [5.41, 5.74) is 0. The van der Waals surface area contributed by atoms with Crippen molar-refractivity contribution in [1.29, 1.82) is 0 Å². The molecule has 0 spiro atoms. The lowest BCUT2D eigenvalue weighted by atomic mass is 10.1. The van der Waals surface area contributed by atoms with Crippen LogP contribution in [0.4, 0.5) is 0 Å². The molecule has 0 radical (unpaired) electrons. The number of ether oxygens (including phenoxy) is 2. The standard InChI is InChI=1S/C15H21NO4/c1-19-12-4-6-13(7-5-12)20-14-3-2-9-16(11-14)10-8-15(17)18/h4-7,14H,2-3,8-11H2,1H3,(H,17,18). The van der Waals surface area contributed by atoms with E-state index in [2.05, 4.69) is 4.90 Å². The first kappa shape index (κ1) is 14.7. The molecule has 0 aromatic heterocycles. The molecule has 0 saturated carbocycles. The number of methoxy groups -OCH3 is 1. The van der Waals surface area contributed by atoms with Crippen molar-refractivity contribution >= 4 is 5.97 Å². The Bertz CT molecular complexity index is 432. The molecule has 1 heterocycles. The summed E-state index contributed by atoms with van der Waals surface area (Å²) in [6.07, 6.45) is 2.37. The lowest BCUT2D eigenvalue weighted by molar-refractivity contribution is -0.137. The van der Waals surface area contributed by atoms with Crippen LogP contribution < -0.4 is 9.47 Å². The van der Waals surface area contributed by atoms with Gasteiger partial charge in [0, 0.05) is 13.1 Å². The van der Waals surface area contributed by atoms with Crippen molar-refractivity contribution in [1.82, 2.24) is 4.90 Å². The van der Waals surface area contributed by atoms with Gasteiger partial charge in [0.2, 0.25) is 0 Å². The van der Waals surface area contributed by atoms with Crippen molar-refractivity contribution in [3.8, 4) is 11.5 Å². The minimum Gasteiger partial charge on any atom is -0.497 e. The zero-order valence-electron chi connectivity index (χ0n) is 11.7. The van der Waals surface area contributed by atoms with Crippen LogP contribution in [0.25, 0.3) is 0 Å². The zero-order valence-corrected chi connectivity index (χ0v) is 11.7. The first-order valence-electron chi connectivity index (χ1n) is 6.92. The largest absolute Gasteiger partial charge is 0.497 e. The highest BCUT2D eigenvalue weighted by atomic mass is 16.5. The summed E-state index contributed by atoms with van der Waals surface area (Å²) in [6, 6.07) is 7.55.